The first-order valence-electron chi connectivity index (χ1n) is 6.14. The molecule has 1 atom stereocenters. The van der Waals surface area contributed by atoms with Crippen LogP contribution in [0.25, 0.3) is 0 Å². The van der Waals surface area contributed by atoms with Gasteiger partial charge in [0.2, 0.25) is 5.88 Å². The average molecular weight is 321 g/mol. The summed E-state index contributed by atoms with van der Waals surface area (Å²) in [6.45, 7) is 5.99. The summed E-state index contributed by atoms with van der Waals surface area (Å²) in [6, 6.07) is 7.66. The van der Waals surface area contributed by atoms with Crippen LogP contribution in [-0.4, -0.2) is 4.98 Å². The highest BCUT2D eigenvalue weighted by atomic mass is 79.9. The molecule has 0 aliphatic carbocycles. The first-order valence-corrected chi connectivity index (χ1v) is 6.93. The average Bonchev–Trinajstić information content (AvgIpc) is 2.36. The van der Waals surface area contributed by atoms with Crippen LogP contribution in [-0.2, 0) is 0 Å². The Morgan fingerprint density at radius 2 is 1.89 bits per heavy atom. The molecule has 0 saturated heterocycles. The molecule has 2 rings (SSSR count). The van der Waals surface area contributed by atoms with Crippen molar-refractivity contribution in [2.45, 2.75) is 26.8 Å². The SMILES string of the molecule is Cc1cc(Oc2ncccc2[C@@H](C)N)cc(C)c1Br. The molecule has 2 N–H and O–H groups in total. The van der Waals surface area contributed by atoms with Crippen LogP contribution in [0.3, 0.4) is 0 Å². The van der Waals surface area contributed by atoms with Gasteiger partial charge >= 0.3 is 0 Å². The minimum atomic E-state index is -0.110. The molecule has 3 nitrogen and oxygen atoms in total. The van der Waals surface area contributed by atoms with Gasteiger partial charge in [0.15, 0.2) is 0 Å². The highest BCUT2D eigenvalue weighted by molar-refractivity contribution is 9.10. The second kappa shape index (κ2) is 5.72. The molecule has 0 radical (unpaired) electrons. The van der Waals surface area contributed by atoms with Crippen LogP contribution in [0, 0.1) is 13.8 Å². The first-order chi connectivity index (χ1) is 8.99. The van der Waals surface area contributed by atoms with Crippen molar-refractivity contribution in [1.29, 1.82) is 0 Å². The number of hydrogen-bond acceptors (Lipinski definition) is 3. The molecule has 0 saturated carbocycles. The lowest BCUT2D eigenvalue weighted by Gasteiger charge is -2.13. The molecule has 19 heavy (non-hydrogen) atoms. The highest BCUT2D eigenvalue weighted by Crippen LogP contribution is 2.31. The van der Waals surface area contributed by atoms with Crippen LogP contribution in [0.15, 0.2) is 34.9 Å². The topological polar surface area (TPSA) is 48.1 Å². The summed E-state index contributed by atoms with van der Waals surface area (Å²) in [7, 11) is 0. The fraction of sp³-hybridized carbons (Fsp3) is 0.267. The highest BCUT2D eigenvalue weighted by Gasteiger charge is 2.11. The number of nitrogens with two attached hydrogens (primary N) is 1. The smallest absolute Gasteiger partial charge is 0.223 e. The summed E-state index contributed by atoms with van der Waals surface area (Å²) in [5.41, 5.74) is 9.09. The van der Waals surface area contributed by atoms with Crippen molar-refractivity contribution in [1.82, 2.24) is 4.98 Å². The maximum absolute atomic E-state index is 5.92. The van der Waals surface area contributed by atoms with Gasteiger partial charge in [0.1, 0.15) is 5.75 Å². The lowest BCUT2D eigenvalue weighted by Crippen LogP contribution is -2.07. The quantitative estimate of drug-likeness (QED) is 0.918. The van der Waals surface area contributed by atoms with E-state index in [1.807, 2.05) is 45.0 Å². The predicted molar refractivity (Wildman–Crippen MR) is 80.5 cm³/mol. The maximum Gasteiger partial charge on any atom is 0.223 e. The lowest BCUT2D eigenvalue weighted by atomic mass is 10.1. The van der Waals surface area contributed by atoms with Crippen molar-refractivity contribution in [3.05, 3.63) is 51.6 Å². The molecule has 0 aliphatic heterocycles. The Morgan fingerprint density at radius 3 is 2.47 bits per heavy atom. The minimum Gasteiger partial charge on any atom is -0.439 e. The number of rotatable bonds is 3. The van der Waals surface area contributed by atoms with E-state index in [-0.39, 0.29) is 6.04 Å². The van der Waals surface area contributed by atoms with Crippen LogP contribution in [0.2, 0.25) is 0 Å². The molecule has 1 aromatic carbocycles. The second-order valence-electron chi connectivity index (χ2n) is 4.66. The van der Waals surface area contributed by atoms with Gasteiger partial charge in [0.25, 0.3) is 0 Å². The largest absolute Gasteiger partial charge is 0.439 e. The van der Waals surface area contributed by atoms with E-state index in [1.54, 1.807) is 6.20 Å². The molecule has 0 aliphatic rings. The van der Waals surface area contributed by atoms with Gasteiger partial charge in [-0.05, 0) is 50.1 Å². The zero-order chi connectivity index (χ0) is 14.0. The lowest BCUT2D eigenvalue weighted by molar-refractivity contribution is 0.451. The van der Waals surface area contributed by atoms with E-state index in [4.69, 9.17) is 10.5 Å². The van der Waals surface area contributed by atoms with Crippen molar-refractivity contribution in [2.24, 2.45) is 5.73 Å². The van der Waals surface area contributed by atoms with Crippen molar-refractivity contribution in [3.63, 3.8) is 0 Å². The van der Waals surface area contributed by atoms with Gasteiger partial charge in [-0.15, -0.1) is 0 Å². The number of hydrogen-bond donors (Lipinski definition) is 1. The van der Waals surface area contributed by atoms with E-state index in [1.165, 1.54) is 0 Å². The number of ether oxygens (including phenoxy) is 1. The fourth-order valence-corrected chi connectivity index (χ4v) is 2.14. The molecule has 0 spiro atoms. The Kier molecular flexibility index (Phi) is 4.22. The Bertz CT molecular complexity index is 573. The third-order valence-electron chi connectivity index (χ3n) is 2.92. The number of halogens is 1. The van der Waals surface area contributed by atoms with Gasteiger partial charge in [-0.25, -0.2) is 4.98 Å². The summed E-state index contributed by atoms with van der Waals surface area (Å²) < 4.78 is 6.98. The third-order valence-corrected chi connectivity index (χ3v) is 4.17. The van der Waals surface area contributed by atoms with E-state index in [2.05, 4.69) is 20.9 Å². The molecule has 0 unspecified atom stereocenters. The van der Waals surface area contributed by atoms with Crippen molar-refractivity contribution >= 4 is 15.9 Å². The molecular formula is C15H17BrN2O. The van der Waals surface area contributed by atoms with Gasteiger partial charge in [-0.1, -0.05) is 22.0 Å². The minimum absolute atomic E-state index is 0.110. The zero-order valence-electron chi connectivity index (χ0n) is 11.3. The van der Waals surface area contributed by atoms with Gasteiger partial charge in [0, 0.05) is 22.3 Å². The van der Waals surface area contributed by atoms with E-state index in [0.717, 1.165) is 26.9 Å². The molecule has 100 valence electrons. The number of pyridine rings is 1. The van der Waals surface area contributed by atoms with Crippen LogP contribution >= 0.6 is 15.9 Å². The van der Waals surface area contributed by atoms with E-state index in [0.29, 0.717) is 5.88 Å². The van der Waals surface area contributed by atoms with E-state index in [9.17, 15) is 0 Å². The Hall–Kier alpha value is -1.39. The number of aryl methyl sites for hydroxylation is 2. The molecule has 1 aromatic heterocycles. The van der Waals surface area contributed by atoms with Gasteiger partial charge in [0.05, 0.1) is 0 Å². The summed E-state index contributed by atoms with van der Waals surface area (Å²) in [6.07, 6.45) is 1.71. The summed E-state index contributed by atoms with van der Waals surface area (Å²) in [4.78, 5) is 4.26. The number of benzene rings is 1. The second-order valence-corrected chi connectivity index (χ2v) is 5.45. The van der Waals surface area contributed by atoms with Crippen LogP contribution in [0.4, 0.5) is 0 Å². The standard InChI is InChI=1S/C15H17BrN2O/c1-9-7-12(8-10(2)14(9)16)19-15-13(11(3)17)5-4-6-18-15/h4-8,11H,17H2,1-3H3/t11-/m1/s1. The van der Waals surface area contributed by atoms with Crippen molar-refractivity contribution in [2.75, 3.05) is 0 Å². The summed E-state index contributed by atoms with van der Waals surface area (Å²) >= 11 is 3.55. The molecule has 0 fully saturated rings. The van der Waals surface area contributed by atoms with Gasteiger partial charge in [-0.2, -0.15) is 0 Å². The Balaban J connectivity index is 2.37. The van der Waals surface area contributed by atoms with Gasteiger partial charge < -0.3 is 10.5 Å². The molecule has 0 amide bonds. The molecular weight excluding hydrogens is 304 g/mol. The normalized spacial score (nSPS) is 12.3. The predicted octanol–water partition coefficient (Wildman–Crippen LogP) is 4.27. The Labute approximate surface area is 121 Å². The van der Waals surface area contributed by atoms with Crippen LogP contribution in [0.5, 0.6) is 11.6 Å². The van der Waals surface area contributed by atoms with Gasteiger partial charge in [-0.3, -0.25) is 0 Å². The maximum atomic E-state index is 5.92. The monoisotopic (exact) mass is 320 g/mol. The van der Waals surface area contributed by atoms with Crippen molar-refractivity contribution < 1.29 is 4.74 Å². The molecule has 1 heterocycles. The molecule has 4 heteroatoms. The fourth-order valence-electron chi connectivity index (χ4n) is 1.91. The van der Waals surface area contributed by atoms with Crippen LogP contribution < -0.4 is 10.5 Å². The van der Waals surface area contributed by atoms with Crippen molar-refractivity contribution in [3.8, 4) is 11.6 Å². The number of nitrogens with zero attached hydrogens (tertiary/aromatic N) is 1. The van der Waals surface area contributed by atoms with E-state index < -0.39 is 0 Å². The van der Waals surface area contributed by atoms with E-state index >= 15 is 0 Å². The molecule has 2 aromatic rings. The van der Waals surface area contributed by atoms with Crippen LogP contribution in [0.1, 0.15) is 29.7 Å². The third kappa shape index (κ3) is 3.14. The first kappa shape index (κ1) is 14.0. The summed E-state index contributed by atoms with van der Waals surface area (Å²) in [5, 5.41) is 0. The molecule has 0 bridgehead atoms. The Morgan fingerprint density at radius 1 is 1.26 bits per heavy atom. The summed E-state index contributed by atoms with van der Waals surface area (Å²) in [5.74, 6) is 1.34. The zero-order valence-corrected chi connectivity index (χ0v) is 12.9. The number of aromatic nitrogens is 1.